The van der Waals surface area contributed by atoms with E-state index in [2.05, 4.69) is 5.32 Å². The molecule has 2 aromatic rings. The van der Waals surface area contributed by atoms with Crippen LogP contribution in [0, 0.1) is 12.7 Å². The van der Waals surface area contributed by atoms with Gasteiger partial charge in [-0.05, 0) is 54.5 Å². The maximum Gasteiger partial charge on any atom is 0.248 e. The number of amides is 1. The standard InChI is InChI=1S/C16H15FN2O/c1-11-10-13(17)5-8-15(11)19-16(20)9-4-12-2-6-14(18)7-3-12/h2-10H,18H2,1H3,(H,19,20)/b9-4+. The minimum Gasteiger partial charge on any atom is -0.399 e. The van der Waals surface area contributed by atoms with Crippen molar-refractivity contribution >= 4 is 23.4 Å². The van der Waals surface area contributed by atoms with Crippen molar-refractivity contribution in [1.82, 2.24) is 0 Å². The van der Waals surface area contributed by atoms with Crippen molar-refractivity contribution < 1.29 is 9.18 Å². The smallest absolute Gasteiger partial charge is 0.248 e. The Morgan fingerprint density at radius 3 is 2.55 bits per heavy atom. The molecule has 4 heteroatoms. The highest BCUT2D eigenvalue weighted by Gasteiger charge is 2.02. The number of benzene rings is 2. The number of rotatable bonds is 3. The molecule has 0 spiro atoms. The zero-order valence-corrected chi connectivity index (χ0v) is 11.1. The average Bonchev–Trinajstić information content (AvgIpc) is 2.41. The Balaban J connectivity index is 2.03. The van der Waals surface area contributed by atoms with E-state index in [-0.39, 0.29) is 11.7 Å². The third-order valence-corrected chi connectivity index (χ3v) is 2.81. The van der Waals surface area contributed by atoms with E-state index < -0.39 is 0 Å². The molecule has 2 aromatic carbocycles. The van der Waals surface area contributed by atoms with Crippen LogP contribution >= 0.6 is 0 Å². The van der Waals surface area contributed by atoms with Gasteiger partial charge in [0.25, 0.3) is 0 Å². The maximum absolute atomic E-state index is 13.0. The Morgan fingerprint density at radius 1 is 1.20 bits per heavy atom. The Morgan fingerprint density at radius 2 is 1.90 bits per heavy atom. The molecule has 1 amide bonds. The van der Waals surface area contributed by atoms with E-state index in [1.165, 1.54) is 18.2 Å². The molecule has 0 aliphatic carbocycles. The third-order valence-electron chi connectivity index (χ3n) is 2.81. The molecular weight excluding hydrogens is 255 g/mol. The predicted molar refractivity (Wildman–Crippen MR) is 79.7 cm³/mol. The number of anilines is 2. The van der Waals surface area contributed by atoms with Crippen LogP contribution in [-0.4, -0.2) is 5.91 Å². The molecule has 3 nitrogen and oxygen atoms in total. The lowest BCUT2D eigenvalue weighted by Crippen LogP contribution is -2.09. The van der Waals surface area contributed by atoms with Gasteiger partial charge < -0.3 is 11.1 Å². The summed E-state index contributed by atoms with van der Waals surface area (Å²) in [5.41, 5.74) is 8.41. The van der Waals surface area contributed by atoms with Crippen LogP contribution < -0.4 is 11.1 Å². The summed E-state index contributed by atoms with van der Waals surface area (Å²) >= 11 is 0. The maximum atomic E-state index is 13.0. The van der Waals surface area contributed by atoms with Crippen LogP contribution in [0.4, 0.5) is 15.8 Å². The molecule has 0 saturated carbocycles. The van der Waals surface area contributed by atoms with E-state index >= 15 is 0 Å². The second-order valence-electron chi connectivity index (χ2n) is 4.45. The largest absolute Gasteiger partial charge is 0.399 e. The van der Waals surface area contributed by atoms with Gasteiger partial charge in [0.15, 0.2) is 0 Å². The number of hydrogen-bond donors (Lipinski definition) is 2. The van der Waals surface area contributed by atoms with E-state index in [1.54, 1.807) is 31.2 Å². The minimum absolute atomic E-state index is 0.267. The number of hydrogen-bond acceptors (Lipinski definition) is 2. The number of carbonyl (C=O) groups excluding carboxylic acids is 1. The summed E-state index contributed by atoms with van der Waals surface area (Å²) in [4.78, 5) is 11.8. The molecule has 0 aliphatic rings. The summed E-state index contributed by atoms with van der Waals surface area (Å²) in [7, 11) is 0. The van der Waals surface area contributed by atoms with E-state index in [1.807, 2.05) is 12.1 Å². The highest BCUT2D eigenvalue weighted by molar-refractivity contribution is 6.02. The molecule has 0 aromatic heterocycles. The lowest BCUT2D eigenvalue weighted by molar-refractivity contribution is -0.111. The van der Waals surface area contributed by atoms with Crippen molar-refractivity contribution in [3.63, 3.8) is 0 Å². The van der Waals surface area contributed by atoms with Gasteiger partial charge in [0.1, 0.15) is 5.82 Å². The van der Waals surface area contributed by atoms with E-state index in [4.69, 9.17) is 5.73 Å². The highest BCUT2D eigenvalue weighted by Crippen LogP contribution is 2.15. The molecule has 0 saturated heterocycles. The number of aryl methyl sites for hydroxylation is 1. The second kappa shape index (κ2) is 6.02. The van der Waals surface area contributed by atoms with E-state index in [9.17, 15) is 9.18 Å². The average molecular weight is 270 g/mol. The summed E-state index contributed by atoms with van der Waals surface area (Å²) in [5.74, 6) is -0.588. The lowest BCUT2D eigenvalue weighted by Gasteiger charge is -2.05. The van der Waals surface area contributed by atoms with E-state index in [0.717, 1.165) is 5.56 Å². The molecule has 0 bridgehead atoms. The number of nitrogen functional groups attached to an aromatic ring is 1. The molecule has 0 unspecified atom stereocenters. The molecule has 2 rings (SSSR count). The molecule has 0 fully saturated rings. The molecular formula is C16H15FN2O. The van der Waals surface area contributed by atoms with Crippen molar-refractivity contribution in [1.29, 1.82) is 0 Å². The Kier molecular flexibility index (Phi) is 4.15. The first-order chi connectivity index (χ1) is 9.54. The molecule has 0 atom stereocenters. The first-order valence-corrected chi connectivity index (χ1v) is 6.15. The molecule has 20 heavy (non-hydrogen) atoms. The quantitative estimate of drug-likeness (QED) is 0.663. The summed E-state index contributed by atoms with van der Waals surface area (Å²) in [6, 6.07) is 11.4. The Hall–Kier alpha value is -2.62. The summed E-state index contributed by atoms with van der Waals surface area (Å²) < 4.78 is 13.0. The number of halogens is 1. The fourth-order valence-electron chi connectivity index (χ4n) is 1.72. The predicted octanol–water partition coefficient (Wildman–Crippen LogP) is 3.37. The van der Waals surface area contributed by atoms with E-state index in [0.29, 0.717) is 16.9 Å². The molecule has 0 aliphatic heterocycles. The fourth-order valence-corrected chi connectivity index (χ4v) is 1.72. The molecule has 0 radical (unpaired) electrons. The van der Waals surface area contributed by atoms with Gasteiger partial charge in [-0.1, -0.05) is 12.1 Å². The highest BCUT2D eigenvalue weighted by atomic mass is 19.1. The summed E-state index contributed by atoms with van der Waals surface area (Å²) in [5, 5.41) is 2.70. The van der Waals surface area contributed by atoms with Crippen LogP contribution in [-0.2, 0) is 4.79 Å². The summed E-state index contributed by atoms with van der Waals surface area (Å²) in [6.45, 7) is 1.74. The Bertz CT molecular complexity index is 648. The Labute approximate surface area is 116 Å². The van der Waals surface area contributed by atoms with Gasteiger partial charge in [0.2, 0.25) is 5.91 Å². The van der Waals surface area contributed by atoms with Gasteiger partial charge in [-0.25, -0.2) is 4.39 Å². The van der Waals surface area contributed by atoms with Crippen LogP contribution in [0.15, 0.2) is 48.5 Å². The van der Waals surface area contributed by atoms with Gasteiger partial charge in [-0.15, -0.1) is 0 Å². The minimum atomic E-state index is -0.321. The normalized spacial score (nSPS) is 10.7. The molecule has 3 N–H and O–H groups in total. The van der Waals surface area contributed by atoms with Crippen molar-refractivity contribution in [2.24, 2.45) is 0 Å². The first kappa shape index (κ1) is 13.8. The van der Waals surface area contributed by atoms with Gasteiger partial charge in [-0.3, -0.25) is 4.79 Å². The first-order valence-electron chi connectivity index (χ1n) is 6.15. The summed E-state index contributed by atoms with van der Waals surface area (Å²) in [6.07, 6.45) is 3.11. The third kappa shape index (κ3) is 3.68. The second-order valence-corrected chi connectivity index (χ2v) is 4.45. The van der Waals surface area contributed by atoms with Gasteiger partial charge >= 0.3 is 0 Å². The lowest BCUT2D eigenvalue weighted by atomic mass is 10.2. The van der Waals surface area contributed by atoms with Crippen LogP contribution in [0.1, 0.15) is 11.1 Å². The van der Waals surface area contributed by atoms with Gasteiger partial charge in [0, 0.05) is 17.5 Å². The van der Waals surface area contributed by atoms with Crippen molar-refractivity contribution in [2.45, 2.75) is 6.92 Å². The topological polar surface area (TPSA) is 55.1 Å². The monoisotopic (exact) mass is 270 g/mol. The van der Waals surface area contributed by atoms with Crippen molar-refractivity contribution in [2.75, 3.05) is 11.1 Å². The zero-order chi connectivity index (χ0) is 14.5. The van der Waals surface area contributed by atoms with Gasteiger partial charge in [-0.2, -0.15) is 0 Å². The van der Waals surface area contributed by atoms with Crippen LogP contribution in [0.3, 0.4) is 0 Å². The SMILES string of the molecule is Cc1cc(F)ccc1NC(=O)/C=C/c1ccc(N)cc1. The number of carbonyl (C=O) groups is 1. The van der Waals surface area contributed by atoms with Crippen LogP contribution in [0.25, 0.3) is 6.08 Å². The molecule has 0 heterocycles. The van der Waals surface area contributed by atoms with Crippen molar-refractivity contribution in [3.8, 4) is 0 Å². The fraction of sp³-hybridized carbons (Fsp3) is 0.0625. The van der Waals surface area contributed by atoms with Crippen molar-refractivity contribution in [3.05, 3.63) is 65.5 Å². The van der Waals surface area contributed by atoms with Gasteiger partial charge in [0.05, 0.1) is 0 Å². The van der Waals surface area contributed by atoms with Crippen LogP contribution in [0.5, 0.6) is 0 Å². The zero-order valence-electron chi connectivity index (χ0n) is 11.1. The van der Waals surface area contributed by atoms with Crippen LogP contribution in [0.2, 0.25) is 0 Å². The molecule has 102 valence electrons. The number of nitrogens with one attached hydrogen (secondary N) is 1. The number of nitrogens with two attached hydrogens (primary N) is 1.